The summed E-state index contributed by atoms with van der Waals surface area (Å²) in [6, 6.07) is 0. The van der Waals surface area contributed by atoms with E-state index in [1.54, 1.807) is 11.8 Å². The SMILES string of the molecule is CS[C@H](C)CNC(=O)[C@@H]1CCCNC1. The van der Waals surface area contributed by atoms with Gasteiger partial charge in [0.15, 0.2) is 0 Å². The van der Waals surface area contributed by atoms with E-state index in [1.165, 1.54) is 0 Å². The van der Waals surface area contributed by atoms with Gasteiger partial charge < -0.3 is 10.6 Å². The summed E-state index contributed by atoms with van der Waals surface area (Å²) in [6.07, 6.45) is 4.22. The molecule has 1 aliphatic heterocycles. The highest BCUT2D eigenvalue weighted by Gasteiger charge is 2.20. The van der Waals surface area contributed by atoms with Crippen molar-refractivity contribution in [2.24, 2.45) is 5.92 Å². The molecule has 1 rings (SSSR count). The van der Waals surface area contributed by atoms with Crippen LogP contribution in [0.2, 0.25) is 0 Å². The fourth-order valence-electron chi connectivity index (χ4n) is 1.55. The van der Waals surface area contributed by atoms with Gasteiger partial charge in [-0.05, 0) is 25.6 Å². The molecule has 0 unspecified atom stereocenters. The van der Waals surface area contributed by atoms with Crippen molar-refractivity contribution in [2.75, 3.05) is 25.9 Å². The minimum atomic E-state index is 0.192. The summed E-state index contributed by atoms with van der Waals surface area (Å²) in [5.41, 5.74) is 0. The molecule has 1 amide bonds. The molecule has 0 aromatic heterocycles. The van der Waals surface area contributed by atoms with E-state index < -0.39 is 0 Å². The van der Waals surface area contributed by atoms with Crippen LogP contribution >= 0.6 is 11.8 Å². The zero-order valence-electron chi connectivity index (χ0n) is 9.01. The predicted molar refractivity (Wildman–Crippen MR) is 61.6 cm³/mol. The largest absolute Gasteiger partial charge is 0.355 e. The van der Waals surface area contributed by atoms with Crippen LogP contribution in [0.4, 0.5) is 0 Å². The van der Waals surface area contributed by atoms with Crippen LogP contribution in [0, 0.1) is 5.92 Å². The summed E-state index contributed by atoms with van der Waals surface area (Å²) in [7, 11) is 0. The van der Waals surface area contributed by atoms with E-state index in [4.69, 9.17) is 0 Å². The van der Waals surface area contributed by atoms with Crippen molar-refractivity contribution in [3.8, 4) is 0 Å². The van der Waals surface area contributed by atoms with Crippen LogP contribution in [0.3, 0.4) is 0 Å². The Balaban J connectivity index is 2.19. The number of nitrogens with one attached hydrogen (secondary N) is 2. The summed E-state index contributed by atoms with van der Waals surface area (Å²) >= 11 is 1.78. The van der Waals surface area contributed by atoms with Gasteiger partial charge in [-0.15, -0.1) is 0 Å². The van der Waals surface area contributed by atoms with Gasteiger partial charge in [-0.25, -0.2) is 0 Å². The summed E-state index contributed by atoms with van der Waals surface area (Å²) in [5.74, 6) is 0.413. The predicted octanol–water partition coefficient (Wildman–Crippen LogP) is 0.854. The molecule has 2 atom stereocenters. The summed E-state index contributed by atoms with van der Waals surface area (Å²) < 4.78 is 0. The van der Waals surface area contributed by atoms with Crippen LogP contribution < -0.4 is 10.6 Å². The Morgan fingerprint density at radius 3 is 3.07 bits per heavy atom. The van der Waals surface area contributed by atoms with Gasteiger partial charge in [0.25, 0.3) is 0 Å². The Labute approximate surface area is 90.4 Å². The Kier molecular flexibility index (Phi) is 5.33. The van der Waals surface area contributed by atoms with Crippen LogP contribution in [0.15, 0.2) is 0 Å². The normalized spacial score (nSPS) is 24.3. The van der Waals surface area contributed by atoms with Crippen LogP contribution in [0.1, 0.15) is 19.8 Å². The van der Waals surface area contributed by atoms with Gasteiger partial charge in [0, 0.05) is 18.3 Å². The second-order valence-corrected chi connectivity index (χ2v) is 5.11. The fourth-order valence-corrected chi connectivity index (χ4v) is 1.80. The number of hydrogen-bond acceptors (Lipinski definition) is 3. The smallest absolute Gasteiger partial charge is 0.224 e. The first kappa shape index (κ1) is 11.9. The monoisotopic (exact) mass is 216 g/mol. The molecule has 1 fully saturated rings. The molecular formula is C10H20N2OS. The molecule has 2 N–H and O–H groups in total. The van der Waals surface area contributed by atoms with Gasteiger partial charge in [-0.2, -0.15) is 11.8 Å². The summed E-state index contributed by atoms with van der Waals surface area (Å²) in [6.45, 7) is 4.82. The molecule has 4 heteroatoms. The van der Waals surface area contributed by atoms with E-state index in [0.29, 0.717) is 5.25 Å². The number of piperidine rings is 1. The van der Waals surface area contributed by atoms with Gasteiger partial charge in [-0.3, -0.25) is 4.79 Å². The third-order valence-electron chi connectivity index (χ3n) is 2.63. The Bertz CT molecular complexity index is 181. The van der Waals surface area contributed by atoms with Crippen molar-refractivity contribution >= 4 is 17.7 Å². The molecule has 1 saturated heterocycles. The van der Waals surface area contributed by atoms with Crippen molar-refractivity contribution in [1.82, 2.24) is 10.6 Å². The standard InChI is InChI=1S/C10H20N2OS/c1-8(14-2)6-12-10(13)9-4-3-5-11-7-9/h8-9,11H,3-7H2,1-2H3,(H,12,13)/t8-,9-/m1/s1. The highest BCUT2D eigenvalue weighted by molar-refractivity contribution is 7.99. The number of carbonyl (C=O) groups excluding carboxylic acids is 1. The first-order chi connectivity index (χ1) is 6.74. The van der Waals surface area contributed by atoms with Crippen LogP contribution in [0.25, 0.3) is 0 Å². The molecular weight excluding hydrogens is 196 g/mol. The van der Waals surface area contributed by atoms with Gasteiger partial charge in [0.05, 0.1) is 5.92 Å². The van der Waals surface area contributed by atoms with Crippen LogP contribution in [-0.4, -0.2) is 37.0 Å². The third-order valence-corrected chi connectivity index (χ3v) is 3.61. The molecule has 1 aliphatic rings. The molecule has 3 nitrogen and oxygen atoms in total. The maximum atomic E-state index is 11.7. The molecule has 82 valence electrons. The second-order valence-electron chi connectivity index (χ2n) is 3.83. The lowest BCUT2D eigenvalue weighted by molar-refractivity contribution is -0.125. The molecule has 14 heavy (non-hydrogen) atoms. The summed E-state index contributed by atoms with van der Waals surface area (Å²) in [4.78, 5) is 11.7. The lowest BCUT2D eigenvalue weighted by Gasteiger charge is -2.22. The van der Waals surface area contributed by atoms with Gasteiger partial charge >= 0.3 is 0 Å². The zero-order chi connectivity index (χ0) is 10.4. The average molecular weight is 216 g/mol. The first-order valence-corrected chi connectivity index (χ1v) is 6.54. The minimum absolute atomic E-state index is 0.192. The molecule has 0 aliphatic carbocycles. The fraction of sp³-hybridized carbons (Fsp3) is 0.900. The maximum Gasteiger partial charge on any atom is 0.224 e. The number of thioether (sulfide) groups is 1. The Morgan fingerprint density at radius 2 is 2.50 bits per heavy atom. The van der Waals surface area contributed by atoms with E-state index in [0.717, 1.165) is 32.5 Å². The van der Waals surface area contributed by atoms with E-state index >= 15 is 0 Å². The van der Waals surface area contributed by atoms with Crippen molar-refractivity contribution in [3.63, 3.8) is 0 Å². The number of carbonyl (C=O) groups is 1. The number of amides is 1. The molecule has 0 bridgehead atoms. The lowest BCUT2D eigenvalue weighted by atomic mass is 9.99. The molecule has 0 aromatic carbocycles. The van der Waals surface area contributed by atoms with Crippen molar-refractivity contribution in [1.29, 1.82) is 0 Å². The highest BCUT2D eigenvalue weighted by atomic mass is 32.2. The van der Waals surface area contributed by atoms with Gasteiger partial charge in [0.2, 0.25) is 5.91 Å². The number of rotatable bonds is 4. The third kappa shape index (κ3) is 3.88. The Morgan fingerprint density at radius 1 is 1.71 bits per heavy atom. The van der Waals surface area contributed by atoms with Crippen molar-refractivity contribution in [2.45, 2.75) is 25.0 Å². The van der Waals surface area contributed by atoms with E-state index in [9.17, 15) is 4.79 Å². The lowest BCUT2D eigenvalue weighted by Crippen LogP contribution is -2.42. The molecule has 0 saturated carbocycles. The van der Waals surface area contributed by atoms with Gasteiger partial charge in [0.1, 0.15) is 0 Å². The molecule has 0 radical (unpaired) electrons. The van der Waals surface area contributed by atoms with Gasteiger partial charge in [-0.1, -0.05) is 6.92 Å². The van der Waals surface area contributed by atoms with Crippen LogP contribution in [-0.2, 0) is 4.79 Å². The summed E-state index contributed by atoms with van der Waals surface area (Å²) in [5, 5.41) is 6.76. The molecule has 1 heterocycles. The van der Waals surface area contributed by atoms with Crippen molar-refractivity contribution in [3.05, 3.63) is 0 Å². The van der Waals surface area contributed by atoms with E-state index in [1.807, 2.05) is 0 Å². The maximum absolute atomic E-state index is 11.7. The second kappa shape index (κ2) is 6.30. The van der Waals surface area contributed by atoms with Crippen LogP contribution in [0.5, 0.6) is 0 Å². The molecule has 0 aromatic rings. The quantitative estimate of drug-likeness (QED) is 0.732. The molecule has 0 spiro atoms. The average Bonchev–Trinajstić information content (AvgIpc) is 2.26. The zero-order valence-corrected chi connectivity index (χ0v) is 9.82. The highest BCUT2D eigenvalue weighted by Crippen LogP contribution is 2.10. The first-order valence-electron chi connectivity index (χ1n) is 5.25. The number of hydrogen-bond donors (Lipinski definition) is 2. The van der Waals surface area contributed by atoms with E-state index in [2.05, 4.69) is 23.8 Å². The Hall–Kier alpha value is -0.220. The van der Waals surface area contributed by atoms with Crippen molar-refractivity contribution < 1.29 is 4.79 Å². The minimum Gasteiger partial charge on any atom is -0.355 e. The topological polar surface area (TPSA) is 41.1 Å². The van der Waals surface area contributed by atoms with E-state index in [-0.39, 0.29) is 11.8 Å².